The Morgan fingerprint density at radius 1 is 1.33 bits per heavy atom. The molecule has 0 saturated carbocycles. The van der Waals surface area contributed by atoms with Crippen molar-refractivity contribution in [1.29, 1.82) is 0 Å². The van der Waals surface area contributed by atoms with Gasteiger partial charge in [-0.15, -0.1) is 0 Å². The van der Waals surface area contributed by atoms with Crippen molar-refractivity contribution in [2.75, 3.05) is 25.5 Å². The number of nitrogens with one attached hydrogen (secondary N) is 1. The van der Waals surface area contributed by atoms with Crippen LogP contribution in [0.25, 0.3) is 0 Å². The largest absolute Gasteiger partial charge is 0.383 e. The predicted molar refractivity (Wildman–Crippen MR) is 78.1 cm³/mol. The number of anilines is 1. The summed E-state index contributed by atoms with van der Waals surface area (Å²) in [7, 11) is 1.66. The first kappa shape index (κ1) is 14.2. The molecule has 3 rings (SSSR count). The fourth-order valence-electron chi connectivity index (χ4n) is 2.99. The van der Waals surface area contributed by atoms with Crippen molar-refractivity contribution in [3.8, 4) is 0 Å². The normalized spacial score (nSPS) is 28.0. The second-order valence-electron chi connectivity index (χ2n) is 5.47. The van der Waals surface area contributed by atoms with Gasteiger partial charge in [-0.25, -0.2) is 4.79 Å². The average Bonchev–Trinajstić information content (AvgIpc) is 2.99. The molecule has 2 saturated heterocycles. The van der Waals surface area contributed by atoms with Crippen LogP contribution in [-0.4, -0.2) is 59.1 Å². The number of fused-ring (bicyclic) bond motifs is 1. The van der Waals surface area contributed by atoms with Gasteiger partial charge in [0.25, 0.3) is 5.91 Å². The highest BCUT2D eigenvalue weighted by molar-refractivity contribution is 6.30. The number of aliphatic hydroxyl groups is 1. The molecule has 3 atom stereocenters. The molecule has 0 aliphatic carbocycles. The number of benzene rings is 1. The van der Waals surface area contributed by atoms with E-state index in [1.165, 1.54) is 4.90 Å². The first-order valence-corrected chi connectivity index (χ1v) is 7.11. The smallest absolute Gasteiger partial charge is 0.321 e. The molecular weight excluding hydrogens is 294 g/mol. The number of rotatable bonds is 1. The number of halogens is 1. The molecule has 0 bridgehead atoms. The number of urea groups is 1. The van der Waals surface area contributed by atoms with Crippen molar-refractivity contribution in [3.05, 3.63) is 29.3 Å². The fraction of sp³-hybridized carbons (Fsp3) is 0.429. The minimum absolute atomic E-state index is 0.108. The molecule has 1 aromatic carbocycles. The summed E-state index contributed by atoms with van der Waals surface area (Å²) < 4.78 is 0. The number of nitrogens with zero attached hydrogens (tertiary/aromatic N) is 2. The van der Waals surface area contributed by atoms with Crippen LogP contribution in [0, 0.1) is 5.92 Å². The van der Waals surface area contributed by atoms with E-state index < -0.39 is 6.10 Å². The highest BCUT2D eigenvalue weighted by Crippen LogP contribution is 2.31. The summed E-state index contributed by atoms with van der Waals surface area (Å²) in [4.78, 5) is 27.0. The number of carbonyl (C=O) groups excluding carboxylic acids is 2. The van der Waals surface area contributed by atoms with Crippen LogP contribution in [0.2, 0.25) is 5.02 Å². The van der Waals surface area contributed by atoms with Gasteiger partial charge in [0.1, 0.15) is 6.10 Å². The van der Waals surface area contributed by atoms with E-state index in [-0.39, 0.29) is 23.9 Å². The molecule has 21 heavy (non-hydrogen) atoms. The average molecular weight is 310 g/mol. The Bertz CT molecular complexity index is 557. The third-order valence-corrected chi connectivity index (χ3v) is 4.47. The maximum Gasteiger partial charge on any atom is 0.321 e. The summed E-state index contributed by atoms with van der Waals surface area (Å²) in [6, 6.07) is 6.50. The Morgan fingerprint density at radius 2 is 2.00 bits per heavy atom. The predicted octanol–water partition coefficient (Wildman–Crippen LogP) is 1.01. The van der Waals surface area contributed by atoms with Crippen molar-refractivity contribution < 1.29 is 14.7 Å². The summed E-state index contributed by atoms with van der Waals surface area (Å²) in [5, 5.41) is 13.3. The second kappa shape index (κ2) is 5.20. The fourth-order valence-corrected chi connectivity index (χ4v) is 3.11. The topological polar surface area (TPSA) is 72.9 Å². The van der Waals surface area contributed by atoms with E-state index >= 15 is 0 Å². The van der Waals surface area contributed by atoms with Crippen LogP contribution in [-0.2, 0) is 4.79 Å². The first-order valence-electron chi connectivity index (χ1n) is 6.73. The van der Waals surface area contributed by atoms with E-state index in [1.807, 2.05) is 0 Å². The lowest BCUT2D eigenvalue weighted by atomic mass is 10.0. The van der Waals surface area contributed by atoms with Gasteiger partial charge >= 0.3 is 6.03 Å². The number of aliphatic hydroxyl groups excluding tert-OH is 1. The molecule has 1 aromatic rings. The number of carbonyl (C=O) groups is 2. The second-order valence-corrected chi connectivity index (χ2v) is 5.90. The molecule has 0 radical (unpaired) electrons. The minimum Gasteiger partial charge on any atom is -0.383 e. The van der Waals surface area contributed by atoms with Gasteiger partial charge in [-0.1, -0.05) is 11.6 Å². The van der Waals surface area contributed by atoms with Gasteiger partial charge in [0.15, 0.2) is 0 Å². The molecule has 6 nitrogen and oxygen atoms in total. The molecule has 3 amide bonds. The Balaban J connectivity index is 1.65. The van der Waals surface area contributed by atoms with Crippen molar-refractivity contribution in [1.82, 2.24) is 9.80 Å². The van der Waals surface area contributed by atoms with E-state index in [4.69, 9.17) is 11.6 Å². The minimum atomic E-state index is -1.01. The maximum absolute atomic E-state index is 12.2. The van der Waals surface area contributed by atoms with E-state index in [0.717, 1.165) is 0 Å². The summed E-state index contributed by atoms with van der Waals surface area (Å²) in [6.45, 7) is 0.810. The third-order valence-electron chi connectivity index (χ3n) is 4.22. The molecule has 2 N–H and O–H groups in total. The Morgan fingerprint density at radius 3 is 2.62 bits per heavy atom. The standard InChI is InChI=1S/C14H16ClN3O3/c1-17-11-7-18(6-10(11)12(19)13(17)20)14(21)16-9-4-2-8(15)3-5-9/h2-5,10-12,19H,6-7H2,1H3,(H,16,21)/t10-,11+,12-/m0/s1. The van der Waals surface area contributed by atoms with Crippen LogP contribution in [0.3, 0.4) is 0 Å². The zero-order valence-electron chi connectivity index (χ0n) is 11.5. The van der Waals surface area contributed by atoms with Crippen molar-refractivity contribution in [3.63, 3.8) is 0 Å². The lowest BCUT2D eigenvalue weighted by Gasteiger charge is -2.21. The molecular formula is C14H16ClN3O3. The SMILES string of the molecule is CN1C(=O)[C@@H](O)[C@H]2CN(C(=O)Nc3ccc(Cl)cc3)C[C@H]21. The summed E-state index contributed by atoms with van der Waals surface area (Å²) >= 11 is 5.80. The molecule has 2 heterocycles. The van der Waals surface area contributed by atoms with Crippen LogP contribution < -0.4 is 5.32 Å². The quantitative estimate of drug-likeness (QED) is 0.813. The maximum atomic E-state index is 12.2. The van der Waals surface area contributed by atoms with Gasteiger partial charge in [-0.05, 0) is 24.3 Å². The Kier molecular flexibility index (Phi) is 3.51. The monoisotopic (exact) mass is 309 g/mol. The van der Waals surface area contributed by atoms with Crippen molar-refractivity contribution >= 4 is 29.2 Å². The van der Waals surface area contributed by atoms with E-state index in [1.54, 1.807) is 36.2 Å². The summed E-state index contributed by atoms with van der Waals surface area (Å²) in [6.07, 6.45) is -1.01. The zero-order valence-corrected chi connectivity index (χ0v) is 12.2. The van der Waals surface area contributed by atoms with Crippen LogP contribution >= 0.6 is 11.6 Å². The molecule has 0 spiro atoms. The number of likely N-dealkylation sites (N-methyl/N-ethyl adjacent to an activating group) is 1. The van der Waals surface area contributed by atoms with Crippen LogP contribution in [0.5, 0.6) is 0 Å². The van der Waals surface area contributed by atoms with Gasteiger partial charge < -0.3 is 20.2 Å². The van der Waals surface area contributed by atoms with Crippen LogP contribution in [0.4, 0.5) is 10.5 Å². The van der Waals surface area contributed by atoms with E-state index in [2.05, 4.69) is 5.32 Å². The summed E-state index contributed by atoms with van der Waals surface area (Å²) in [5.41, 5.74) is 0.659. The molecule has 0 aromatic heterocycles. The van der Waals surface area contributed by atoms with Gasteiger partial charge in [0.2, 0.25) is 0 Å². The Hall–Kier alpha value is -1.79. The van der Waals surface area contributed by atoms with Gasteiger partial charge in [0.05, 0.1) is 6.04 Å². The van der Waals surface area contributed by atoms with Crippen molar-refractivity contribution in [2.45, 2.75) is 12.1 Å². The third kappa shape index (κ3) is 2.45. The zero-order chi connectivity index (χ0) is 15.1. The van der Waals surface area contributed by atoms with Crippen LogP contribution in [0.1, 0.15) is 0 Å². The lowest BCUT2D eigenvalue weighted by molar-refractivity contribution is -0.135. The summed E-state index contributed by atoms with van der Waals surface area (Å²) in [5.74, 6) is -0.471. The highest BCUT2D eigenvalue weighted by atomic mass is 35.5. The molecule has 2 fully saturated rings. The first-order chi connectivity index (χ1) is 9.97. The molecule has 2 aliphatic heterocycles. The number of amides is 3. The van der Waals surface area contributed by atoms with E-state index in [0.29, 0.717) is 23.8 Å². The molecule has 2 aliphatic rings. The Labute approximate surface area is 127 Å². The highest BCUT2D eigenvalue weighted by Gasteiger charge is 2.51. The van der Waals surface area contributed by atoms with Crippen molar-refractivity contribution in [2.24, 2.45) is 5.92 Å². The molecule has 112 valence electrons. The van der Waals surface area contributed by atoms with Crippen LogP contribution in [0.15, 0.2) is 24.3 Å². The number of hydrogen-bond donors (Lipinski definition) is 2. The lowest BCUT2D eigenvalue weighted by Crippen LogP contribution is -2.40. The molecule has 0 unspecified atom stereocenters. The van der Waals surface area contributed by atoms with Gasteiger partial charge in [-0.2, -0.15) is 0 Å². The molecule has 7 heteroatoms. The van der Waals surface area contributed by atoms with Gasteiger partial charge in [-0.3, -0.25) is 4.79 Å². The van der Waals surface area contributed by atoms with E-state index in [9.17, 15) is 14.7 Å². The van der Waals surface area contributed by atoms with Gasteiger partial charge in [0, 0.05) is 36.8 Å². The number of likely N-dealkylation sites (tertiary alicyclic amines) is 2. The number of hydrogen-bond acceptors (Lipinski definition) is 3.